The Hall–Kier alpha value is -2.48. The molecule has 1 aliphatic heterocycles. The molecule has 8 heteroatoms. The van der Waals surface area contributed by atoms with Crippen molar-refractivity contribution in [3.8, 4) is 11.3 Å². The lowest BCUT2D eigenvalue weighted by Crippen LogP contribution is -2.39. The first-order chi connectivity index (χ1) is 14.0. The predicted octanol–water partition coefficient (Wildman–Crippen LogP) is 3.03. The van der Waals surface area contributed by atoms with Crippen LogP contribution in [0.4, 0.5) is 0 Å². The third-order valence-corrected chi connectivity index (χ3v) is 5.59. The molecular weight excluding hydrogens is 390 g/mol. The van der Waals surface area contributed by atoms with Gasteiger partial charge in [0, 0.05) is 53.8 Å². The van der Waals surface area contributed by atoms with Gasteiger partial charge in [0.1, 0.15) is 5.69 Å². The number of fused-ring (bicyclic) bond motifs is 1. The molecule has 1 fully saturated rings. The minimum atomic E-state index is -0.201. The van der Waals surface area contributed by atoms with Gasteiger partial charge in [-0.15, -0.1) is 0 Å². The van der Waals surface area contributed by atoms with Gasteiger partial charge in [0.05, 0.1) is 5.69 Å². The Labute approximate surface area is 174 Å². The van der Waals surface area contributed by atoms with Crippen LogP contribution in [-0.4, -0.2) is 39.5 Å². The fourth-order valence-electron chi connectivity index (χ4n) is 3.79. The first kappa shape index (κ1) is 19.8. The molecule has 4 rings (SSSR count). The van der Waals surface area contributed by atoms with Gasteiger partial charge in [0.15, 0.2) is 0 Å². The summed E-state index contributed by atoms with van der Waals surface area (Å²) in [7, 11) is 0. The van der Waals surface area contributed by atoms with E-state index in [1.165, 1.54) is 0 Å². The molecule has 3 N–H and O–H groups in total. The zero-order valence-corrected chi connectivity index (χ0v) is 17.3. The largest absolute Gasteiger partial charge is 0.381 e. The number of carbonyl (C=O) groups is 1. The van der Waals surface area contributed by atoms with Gasteiger partial charge < -0.3 is 15.8 Å². The summed E-state index contributed by atoms with van der Waals surface area (Å²) in [6, 6.07) is 5.83. The number of aromatic nitrogens is 3. The molecule has 1 saturated heterocycles. The van der Waals surface area contributed by atoms with Crippen LogP contribution in [0.15, 0.2) is 24.4 Å². The zero-order valence-electron chi connectivity index (χ0n) is 16.5. The monoisotopic (exact) mass is 413 g/mol. The maximum Gasteiger partial charge on any atom is 0.271 e. The van der Waals surface area contributed by atoms with Crippen molar-refractivity contribution >= 4 is 23.3 Å². The Balaban J connectivity index is 1.80. The van der Waals surface area contributed by atoms with E-state index in [-0.39, 0.29) is 11.9 Å². The number of benzene rings is 1. The summed E-state index contributed by atoms with van der Waals surface area (Å²) in [6.45, 7) is 5.56. The molecule has 0 aliphatic carbocycles. The van der Waals surface area contributed by atoms with E-state index in [9.17, 15) is 4.79 Å². The Morgan fingerprint density at radius 1 is 1.31 bits per heavy atom. The number of nitrogens with zero attached hydrogens (tertiary/aromatic N) is 3. The van der Waals surface area contributed by atoms with Crippen LogP contribution in [0.25, 0.3) is 17.0 Å². The lowest BCUT2D eigenvalue weighted by Gasteiger charge is -2.22. The minimum Gasteiger partial charge on any atom is -0.381 e. The Morgan fingerprint density at radius 3 is 2.76 bits per heavy atom. The average Bonchev–Trinajstić information content (AvgIpc) is 3.12. The maximum absolute atomic E-state index is 12.8. The van der Waals surface area contributed by atoms with Crippen LogP contribution >= 0.6 is 11.6 Å². The standard InChI is InChI=1S/C21H24ClN5O2/c1-12-9-14(22)3-4-16(12)19-17(10-23)13(2)24-21-26-18(11-27(19)21)20(28)25-15-5-7-29-8-6-15/h3-4,9,11,15H,5-8,10,23H2,1-2H3,(H,25,28). The number of amides is 1. The molecule has 2 aromatic heterocycles. The molecule has 29 heavy (non-hydrogen) atoms. The summed E-state index contributed by atoms with van der Waals surface area (Å²) < 4.78 is 7.21. The quantitative estimate of drug-likeness (QED) is 0.685. The molecule has 0 spiro atoms. The number of ether oxygens (including phenoxy) is 1. The molecule has 1 aliphatic rings. The zero-order chi connectivity index (χ0) is 20.5. The Kier molecular flexibility index (Phi) is 5.54. The molecule has 0 atom stereocenters. The highest BCUT2D eigenvalue weighted by Gasteiger charge is 2.22. The number of hydrogen-bond donors (Lipinski definition) is 2. The first-order valence-corrected chi connectivity index (χ1v) is 10.1. The third-order valence-electron chi connectivity index (χ3n) is 5.36. The normalized spacial score (nSPS) is 15.0. The van der Waals surface area contributed by atoms with Crippen molar-refractivity contribution in [1.29, 1.82) is 0 Å². The van der Waals surface area contributed by atoms with Crippen molar-refractivity contribution in [2.45, 2.75) is 39.3 Å². The van der Waals surface area contributed by atoms with Gasteiger partial charge in [-0.1, -0.05) is 17.7 Å². The van der Waals surface area contributed by atoms with E-state index in [0.29, 0.717) is 36.3 Å². The topological polar surface area (TPSA) is 94.5 Å². The number of nitrogens with one attached hydrogen (secondary N) is 1. The SMILES string of the molecule is Cc1cc(Cl)ccc1-c1c(CN)c(C)nc2nc(C(=O)NC3CCOCC3)cn12. The summed E-state index contributed by atoms with van der Waals surface area (Å²) in [5.74, 6) is 0.273. The van der Waals surface area contributed by atoms with Crippen LogP contribution < -0.4 is 11.1 Å². The van der Waals surface area contributed by atoms with E-state index in [0.717, 1.165) is 40.9 Å². The predicted molar refractivity (Wildman–Crippen MR) is 112 cm³/mol. The fourth-order valence-corrected chi connectivity index (χ4v) is 4.01. The number of carbonyl (C=O) groups excluding carboxylic acids is 1. The molecule has 0 bridgehead atoms. The van der Waals surface area contributed by atoms with Gasteiger partial charge in [-0.3, -0.25) is 9.20 Å². The highest BCUT2D eigenvalue weighted by atomic mass is 35.5. The minimum absolute atomic E-state index is 0.105. The van der Waals surface area contributed by atoms with Gasteiger partial charge in [-0.25, -0.2) is 9.97 Å². The molecular formula is C21H24ClN5O2. The van der Waals surface area contributed by atoms with Gasteiger partial charge in [-0.05, 0) is 44.4 Å². The molecule has 1 amide bonds. The smallest absolute Gasteiger partial charge is 0.271 e. The van der Waals surface area contributed by atoms with Crippen molar-refractivity contribution in [3.63, 3.8) is 0 Å². The second kappa shape index (κ2) is 8.10. The maximum atomic E-state index is 12.8. The Morgan fingerprint density at radius 2 is 2.07 bits per heavy atom. The summed E-state index contributed by atoms with van der Waals surface area (Å²) >= 11 is 6.15. The lowest BCUT2D eigenvalue weighted by atomic mass is 10.00. The molecule has 0 radical (unpaired) electrons. The van der Waals surface area contributed by atoms with Gasteiger partial charge >= 0.3 is 0 Å². The number of nitrogens with two attached hydrogens (primary N) is 1. The molecule has 7 nitrogen and oxygen atoms in total. The van der Waals surface area contributed by atoms with Crippen molar-refractivity contribution in [2.75, 3.05) is 13.2 Å². The van der Waals surface area contributed by atoms with Crippen LogP contribution in [0, 0.1) is 13.8 Å². The number of halogens is 1. The molecule has 3 aromatic rings. The summed E-state index contributed by atoms with van der Waals surface area (Å²) in [5.41, 5.74) is 11.0. The van der Waals surface area contributed by atoms with Crippen LogP contribution in [0.1, 0.15) is 40.2 Å². The average molecular weight is 414 g/mol. The summed E-state index contributed by atoms with van der Waals surface area (Å²) in [4.78, 5) is 21.8. The van der Waals surface area contributed by atoms with Gasteiger partial charge in [0.25, 0.3) is 5.91 Å². The molecule has 152 valence electrons. The van der Waals surface area contributed by atoms with E-state index in [1.54, 1.807) is 6.20 Å². The summed E-state index contributed by atoms with van der Waals surface area (Å²) in [5, 5.41) is 3.72. The van der Waals surface area contributed by atoms with Crippen LogP contribution in [0.5, 0.6) is 0 Å². The van der Waals surface area contributed by atoms with E-state index in [2.05, 4.69) is 15.3 Å². The number of hydrogen-bond acceptors (Lipinski definition) is 5. The molecule has 3 heterocycles. The first-order valence-electron chi connectivity index (χ1n) is 9.71. The van der Waals surface area contributed by atoms with Crippen molar-refractivity contribution in [1.82, 2.24) is 19.7 Å². The van der Waals surface area contributed by atoms with Crippen molar-refractivity contribution in [2.24, 2.45) is 5.73 Å². The lowest BCUT2D eigenvalue weighted by molar-refractivity contribution is 0.0694. The molecule has 1 aromatic carbocycles. The number of rotatable bonds is 4. The van der Waals surface area contributed by atoms with E-state index in [4.69, 9.17) is 22.1 Å². The summed E-state index contributed by atoms with van der Waals surface area (Å²) in [6.07, 6.45) is 3.35. The third kappa shape index (κ3) is 3.85. The highest BCUT2D eigenvalue weighted by Crippen LogP contribution is 2.31. The van der Waals surface area contributed by atoms with Crippen LogP contribution in [0.2, 0.25) is 5.02 Å². The Bertz CT molecular complexity index is 1070. The molecule has 0 unspecified atom stereocenters. The highest BCUT2D eigenvalue weighted by molar-refractivity contribution is 6.30. The van der Waals surface area contributed by atoms with Gasteiger partial charge in [-0.2, -0.15) is 0 Å². The van der Waals surface area contributed by atoms with Crippen LogP contribution in [0.3, 0.4) is 0 Å². The van der Waals surface area contributed by atoms with E-state index >= 15 is 0 Å². The molecule has 0 saturated carbocycles. The van der Waals surface area contributed by atoms with E-state index in [1.807, 2.05) is 36.4 Å². The van der Waals surface area contributed by atoms with Crippen LogP contribution in [-0.2, 0) is 11.3 Å². The number of imidazole rings is 1. The van der Waals surface area contributed by atoms with E-state index < -0.39 is 0 Å². The van der Waals surface area contributed by atoms with Crippen molar-refractivity contribution < 1.29 is 9.53 Å². The van der Waals surface area contributed by atoms with Gasteiger partial charge in [0.2, 0.25) is 5.78 Å². The fraction of sp³-hybridized carbons (Fsp3) is 0.381. The van der Waals surface area contributed by atoms with Crippen molar-refractivity contribution in [3.05, 3.63) is 51.9 Å². The second-order valence-electron chi connectivity index (χ2n) is 7.34. The number of aryl methyl sites for hydroxylation is 2. The second-order valence-corrected chi connectivity index (χ2v) is 7.78.